The van der Waals surface area contributed by atoms with Crippen LogP contribution in [0.1, 0.15) is 0 Å². The van der Waals surface area contributed by atoms with E-state index in [9.17, 15) is 14.3 Å². The minimum Gasteiger partial charge on any atom is -0.282 e. The Morgan fingerprint density at radius 3 is 2.86 bits per heavy atom. The van der Waals surface area contributed by atoms with Crippen molar-refractivity contribution in [2.75, 3.05) is 5.48 Å². The van der Waals surface area contributed by atoms with Gasteiger partial charge in [0.25, 0.3) is 5.69 Å². The highest BCUT2D eigenvalue weighted by Gasteiger charge is 2.05. The number of rotatable bonds is 4. The zero-order chi connectivity index (χ0) is 10.6. The Balaban J connectivity index is 2.73. The maximum absolute atomic E-state index is 10.3. The SMILES string of the molecule is O=[N+]([O-])c1cccc(NOS(=O)O)c1. The summed E-state index contributed by atoms with van der Waals surface area (Å²) in [6.07, 6.45) is 0. The standard InChI is InChI=1S/C6H6N2O5S/c9-8(10)6-3-1-2-5(4-6)7-13-14(11)12/h1-4,7H,(H,11,12). The van der Waals surface area contributed by atoms with Crippen molar-refractivity contribution >= 4 is 22.7 Å². The second kappa shape index (κ2) is 4.65. The Bertz CT molecular complexity index is 369. The zero-order valence-electron chi connectivity index (χ0n) is 6.75. The summed E-state index contributed by atoms with van der Waals surface area (Å²) < 4.78 is 22.4. The smallest absolute Gasteiger partial charge is 0.282 e. The maximum atomic E-state index is 10.3. The first-order valence-electron chi connectivity index (χ1n) is 3.38. The van der Waals surface area contributed by atoms with Gasteiger partial charge in [-0.15, -0.1) is 4.28 Å². The molecule has 7 nitrogen and oxygen atoms in total. The fourth-order valence-corrected chi connectivity index (χ4v) is 0.934. The van der Waals surface area contributed by atoms with E-state index in [1.165, 1.54) is 24.3 Å². The second-order valence-electron chi connectivity index (χ2n) is 2.21. The second-order valence-corrected chi connectivity index (χ2v) is 2.81. The van der Waals surface area contributed by atoms with Crippen LogP contribution in [0.15, 0.2) is 24.3 Å². The lowest BCUT2D eigenvalue weighted by atomic mass is 10.3. The number of hydrogen-bond donors (Lipinski definition) is 2. The highest BCUT2D eigenvalue weighted by atomic mass is 32.2. The average molecular weight is 218 g/mol. The van der Waals surface area contributed by atoms with Gasteiger partial charge in [-0.05, 0) is 6.07 Å². The Hall–Kier alpha value is -1.51. The van der Waals surface area contributed by atoms with Crippen molar-refractivity contribution in [2.45, 2.75) is 0 Å². The van der Waals surface area contributed by atoms with Crippen LogP contribution < -0.4 is 5.48 Å². The van der Waals surface area contributed by atoms with Gasteiger partial charge >= 0.3 is 11.4 Å². The highest BCUT2D eigenvalue weighted by Crippen LogP contribution is 2.16. The van der Waals surface area contributed by atoms with E-state index in [1.807, 2.05) is 0 Å². The van der Waals surface area contributed by atoms with E-state index in [1.54, 1.807) is 0 Å². The summed E-state index contributed by atoms with van der Waals surface area (Å²) in [7, 11) is 0. The van der Waals surface area contributed by atoms with E-state index < -0.39 is 16.3 Å². The summed E-state index contributed by atoms with van der Waals surface area (Å²) in [5, 5.41) is 10.3. The largest absolute Gasteiger partial charge is 0.324 e. The molecule has 1 aromatic rings. The molecule has 0 aliphatic heterocycles. The van der Waals surface area contributed by atoms with Gasteiger partial charge in [0, 0.05) is 12.1 Å². The van der Waals surface area contributed by atoms with Crippen molar-refractivity contribution in [3.63, 3.8) is 0 Å². The summed E-state index contributed by atoms with van der Waals surface area (Å²) >= 11 is -2.46. The van der Waals surface area contributed by atoms with Crippen LogP contribution in [0.4, 0.5) is 11.4 Å². The third-order valence-electron chi connectivity index (χ3n) is 1.29. The van der Waals surface area contributed by atoms with Crippen LogP contribution in [0, 0.1) is 10.1 Å². The predicted molar refractivity (Wildman–Crippen MR) is 48.6 cm³/mol. The predicted octanol–water partition coefficient (Wildman–Crippen LogP) is 1.07. The van der Waals surface area contributed by atoms with Gasteiger partial charge in [-0.2, -0.15) is 4.21 Å². The molecule has 0 heterocycles. The summed E-state index contributed by atoms with van der Waals surface area (Å²) in [4.78, 5) is 9.74. The van der Waals surface area contributed by atoms with Crippen molar-refractivity contribution in [1.82, 2.24) is 0 Å². The molecule has 0 bridgehead atoms. The first kappa shape index (κ1) is 10.6. The molecule has 0 aromatic heterocycles. The van der Waals surface area contributed by atoms with E-state index in [0.717, 1.165) is 0 Å². The van der Waals surface area contributed by atoms with Crippen LogP contribution in [0.25, 0.3) is 0 Å². The third kappa shape index (κ3) is 3.09. The van der Waals surface area contributed by atoms with Gasteiger partial charge in [-0.25, -0.2) is 5.48 Å². The molecule has 0 aliphatic carbocycles. The summed E-state index contributed by atoms with van der Waals surface area (Å²) in [5.41, 5.74) is 2.17. The van der Waals surface area contributed by atoms with Crippen molar-refractivity contribution < 1.29 is 18.0 Å². The van der Waals surface area contributed by atoms with Gasteiger partial charge in [0.2, 0.25) is 0 Å². The molecule has 0 aliphatic rings. The minimum absolute atomic E-state index is 0.137. The highest BCUT2D eigenvalue weighted by molar-refractivity contribution is 7.74. The van der Waals surface area contributed by atoms with Gasteiger partial charge in [-0.1, -0.05) is 6.07 Å². The first-order valence-corrected chi connectivity index (χ1v) is 4.41. The number of nitrogens with zero attached hydrogens (tertiary/aromatic N) is 1. The molecule has 1 unspecified atom stereocenters. The van der Waals surface area contributed by atoms with E-state index in [2.05, 4.69) is 9.76 Å². The van der Waals surface area contributed by atoms with Gasteiger partial charge < -0.3 is 0 Å². The van der Waals surface area contributed by atoms with Crippen LogP contribution in [-0.4, -0.2) is 13.7 Å². The van der Waals surface area contributed by atoms with E-state index in [-0.39, 0.29) is 11.4 Å². The van der Waals surface area contributed by atoms with E-state index in [4.69, 9.17) is 4.55 Å². The quantitative estimate of drug-likeness (QED) is 0.445. The van der Waals surface area contributed by atoms with Gasteiger partial charge in [0.1, 0.15) is 0 Å². The zero-order valence-corrected chi connectivity index (χ0v) is 7.56. The van der Waals surface area contributed by atoms with Crippen molar-refractivity contribution in [2.24, 2.45) is 0 Å². The van der Waals surface area contributed by atoms with Crippen LogP contribution in [-0.2, 0) is 15.6 Å². The van der Waals surface area contributed by atoms with Gasteiger partial charge in [0.15, 0.2) is 0 Å². The van der Waals surface area contributed by atoms with Gasteiger partial charge in [0.05, 0.1) is 10.6 Å². The molecule has 2 N–H and O–H groups in total. The summed E-state index contributed by atoms with van der Waals surface area (Å²) in [5.74, 6) is 0. The number of non-ortho nitro benzene ring substituents is 1. The van der Waals surface area contributed by atoms with E-state index in [0.29, 0.717) is 0 Å². The number of hydrogen-bond acceptors (Lipinski definition) is 5. The first-order chi connectivity index (χ1) is 6.59. The van der Waals surface area contributed by atoms with E-state index >= 15 is 0 Å². The van der Waals surface area contributed by atoms with Crippen molar-refractivity contribution in [3.05, 3.63) is 34.4 Å². The molecule has 1 aromatic carbocycles. The van der Waals surface area contributed by atoms with Crippen LogP contribution in [0.3, 0.4) is 0 Å². The molecule has 0 saturated heterocycles. The maximum Gasteiger partial charge on any atom is 0.324 e. The molecule has 1 rings (SSSR count). The Morgan fingerprint density at radius 2 is 2.29 bits per heavy atom. The monoisotopic (exact) mass is 218 g/mol. The molecule has 0 spiro atoms. The molecule has 1 atom stereocenters. The van der Waals surface area contributed by atoms with Crippen LogP contribution in [0.2, 0.25) is 0 Å². The lowest BCUT2D eigenvalue weighted by molar-refractivity contribution is -0.384. The molecule has 0 radical (unpaired) electrons. The summed E-state index contributed by atoms with van der Waals surface area (Å²) in [6, 6.07) is 5.35. The molecule has 0 amide bonds. The molecule has 0 saturated carbocycles. The molecule has 0 fully saturated rings. The fourth-order valence-electron chi connectivity index (χ4n) is 0.767. The van der Waals surface area contributed by atoms with Gasteiger partial charge in [-0.3, -0.25) is 14.7 Å². The molecular weight excluding hydrogens is 212 g/mol. The van der Waals surface area contributed by atoms with Crippen molar-refractivity contribution in [3.8, 4) is 0 Å². The topological polar surface area (TPSA) is 102 Å². The molecule has 14 heavy (non-hydrogen) atoms. The Labute approximate surface area is 81.3 Å². The Morgan fingerprint density at radius 1 is 1.57 bits per heavy atom. The van der Waals surface area contributed by atoms with Crippen molar-refractivity contribution in [1.29, 1.82) is 0 Å². The fraction of sp³-hybridized carbons (Fsp3) is 0. The normalized spacial score (nSPS) is 12.1. The Kier molecular flexibility index (Phi) is 3.51. The average Bonchev–Trinajstić information content (AvgIpc) is 2.15. The number of nitro benzene ring substituents is 1. The number of benzene rings is 1. The minimum atomic E-state index is -2.46. The van der Waals surface area contributed by atoms with Crippen LogP contribution >= 0.6 is 0 Å². The van der Waals surface area contributed by atoms with Crippen LogP contribution in [0.5, 0.6) is 0 Å². The number of nitrogens with one attached hydrogen (secondary N) is 1. The molecule has 76 valence electrons. The molecular formula is C6H6N2O5S. The lowest BCUT2D eigenvalue weighted by Crippen LogP contribution is -2.03. The number of nitro groups is 1. The molecule has 8 heteroatoms. The third-order valence-corrected chi connectivity index (χ3v) is 1.51. The number of anilines is 1. The lowest BCUT2D eigenvalue weighted by Gasteiger charge is -2.01. The summed E-state index contributed by atoms with van der Waals surface area (Å²) in [6.45, 7) is 0.